The minimum atomic E-state index is -0.398. The van der Waals surface area contributed by atoms with Gasteiger partial charge in [-0.15, -0.1) is 11.8 Å². The van der Waals surface area contributed by atoms with Crippen molar-refractivity contribution in [1.29, 1.82) is 0 Å². The Morgan fingerprint density at radius 2 is 1.65 bits per heavy atom. The Balaban J connectivity index is 1.65. The lowest BCUT2D eigenvalue weighted by Gasteiger charge is -2.25. The van der Waals surface area contributed by atoms with Gasteiger partial charge in [0.1, 0.15) is 22.7 Å². The molecule has 0 spiro atoms. The van der Waals surface area contributed by atoms with Crippen LogP contribution in [0.3, 0.4) is 0 Å². The quantitative estimate of drug-likeness (QED) is 0.620. The molecule has 3 nitrogen and oxygen atoms in total. The number of ether oxygens (including phenoxy) is 1. The van der Waals surface area contributed by atoms with Crippen LogP contribution in [0.1, 0.15) is 10.9 Å². The number of halogens is 1. The van der Waals surface area contributed by atoms with Crippen molar-refractivity contribution in [2.24, 2.45) is 0 Å². The summed E-state index contributed by atoms with van der Waals surface area (Å²) in [6, 6.07) is 23.5. The topological polar surface area (TPSA) is 29.5 Å². The predicted octanol–water partition coefficient (Wildman–Crippen LogP) is 5.40. The monoisotopic (exact) mass is 365 g/mol. The zero-order valence-corrected chi connectivity index (χ0v) is 14.7. The van der Waals surface area contributed by atoms with Gasteiger partial charge in [0, 0.05) is 0 Å². The third-order valence-corrected chi connectivity index (χ3v) is 5.31. The molecule has 1 fully saturated rings. The zero-order chi connectivity index (χ0) is 17.9. The van der Waals surface area contributed by atoms with E-state index in [1.165, 1.54) is 22.7 Å². The van der Waals surface area contributed by atoms with Crippen LogP contribution in [-0.2, 0) is 4.79 Å². The summed E-state index contributed by atoms with van der Waals surface area (Å²) in [5, 5.41) is -0.279. The van der Waals surface area contributed by atoms with E-state index in [1.54, 1.807) is 18.2 Å². The smallest absolute Gasteiger partial charge is 0.238 e. The van der Waals surface area contributed by atoms with Crippen molar-refractivity contribution in [3.05, 3.63) is 90.2 Å². The minimum Gasteiger partial charge on any atom is -0.457 e. The summed E-state index contributed by atoms with van der Waals surface area (Å²) in [4.78, 5) is 13.9. The molecule has 1 saturated heterocycles. The molecule has 4 rings (SSSR count). The number of nitrogens with zero attached hydrogens (tertiary/aromatic N) is 1. The second-order valence-corrected chi connectivity index (χ2v) is 6.93. The van der Waals surface area contributed by atoms with Crippen LogP contribution in [0.15, 0.2) is 78.9 Å². The second-order valence-electron chi connectivity index (χ2n) is 5.87. The van der Waals surface area contributed by atoms with E-state index in [0.29, 0.717) is 17.2 Å². The zero-order valence-electron chi connectivity index (χ0n) is 13.8. The van der Waals surface area contributed by atoms with Gasteiger partial charge in [-0.1, -0.05) is 42.5 Å². The highest BCUT2D eigenvalue weighted by Crippen LogP contribution is 2.43. The van der Waals surface area contributed by atoms with E-state index in [1.807, 2.05) is 54.6 Å². The van der Waals surface area contributed by atoms with E-state index >= 15 is 0 Å². The maximum Gasteiger partial charge on any atom is 0.238 e. The molecule has 0 aliphatic carbocycles. The first-order valence-electron chi connectivity index (χ1n) is 8.23. The molecule has 1 unspecified atom stereocenters. The minimum absolute atomic E-state index is 0.0977. The highest BCUT2D eigenvalue weighted by Gasteiger charge is 2.35. The summed E-state index contributed by atoms with van der Waals surface area (Å²) < 4.78 is 20.1. The van der Waals surface area contributed by atoms with Gasteiger partial charge in [0.2, 0.25) is 5.91 Å². The molecule has 1 aliphatic heterocycles. The van der Waals surface area contributed by atoms with Gasteiger partial charge in [-0.2, -0.15) is 0 Å². The first kappa shape index (κ1) is 16.7. The molecule has 0 radical (unpaired) electrons. The second kappa shape index (κ2) is 7.22. The fourth-order valence-corrected chi connectivity index (χ4v) is 4.09. The number of anilines is 1. The summed E-state index contributed by atoms with van der Waals surface area (Å²) in [6.07, 6.45) is 0. The average molecular weight is 365 g/mol. The highest BCUT2D eigenvalue weighted by atomic mass is 32.2. The van der Waals surface area contributed by atoms with Crippen molar-refractivity contribution in [3.63, 3.8) is 0 Å². The predicted molar refractivity (Wildman–Crippen MR) is 102 cm³/mol. The van der Waals surface area contributed by atoms with Gasteiger partial charge < -0.3 is 4.74 Å². The number of thioether (sulfide) groups is 1. The van der Waals surface area contributed by atoms with Gasteiger partial charge in [0.05, 0.1) is 11.4 Å². The van der Waals surface area contributed by atoms with Gasteiger partial charge in [-0.25, -0.2) is 4.39 Å². The summed E-state index contributed by atoms with van der Waals surface area (Å²) >= 11 is 1.48. The van der Waals surface area contributed by atoms with Gasteiger partial charge in [-0.3, -0.25) is 9.69 Å². The van der Waals surface area contributed by atoms with E-state index in [0.717, 1.165) is 11.3 Å². The van der Waals surface area contributed by atoms with Crippen molar-refractivity contribution < 1.29 is 13.9 Å². The van der Waals surface area contributed by atoms with Crippen LogP contribution in [0.2, 0.25) is 0 Å². The molecule has 1 heterocycles. The van der Waals surface area contributed by atoms with Gasteiger partial charge in [0.15, 0.2) is 0 Å². The molecule has 0 bridgehead atoms. The third kappa shape index (κ3) is 3.30. The summed E-state index contributed by atoms with van der Waals surface area (Å²) in [5.41, 5.74) is 1.21. The Kier molecular flexibility index (Phi) is 4.63. The van der Waals surface area contributed by atoms with Crippen LogP contribution in [0.25, 0.3) is 0 Å². The number of carbonyl (C=O) groups is 1. The van der Waals surface area contributed by atoms with Crippen LogP contribution in [0, 0.1) is 5.82 Å². The van der Waals surface area contributed by atoms with E-state index in [2.05, 4.69) is 0 Å². The lowest BCUT2D eigenvalue weighted by molar-refractivity contribution is -0.115. The first-order valence-corrected chi connectivity index (χ1v) is 9.28. The molecule has 26 heavy (non-hydrogen) atoms. The summed E-state index contributed by atoms with van der Waals surface area (Å²) in [7, 11) is 0. The molecule has 3 aromatic rings. The molecule has 0 aromatic heterocycles. The standard InChI is InChI=1S/C21H16FNO2S/c22-18-11-4-5-12-19(18)23-20(24)14-26-21(23)15-7-6-10-17(13-15)25-16-8-2-1-3-9-16/h1-13,21H,14H2. The van der Waals surface area contributed by atoms with E-state index in [9.17, 15) is 9.18 Å². The molecular weight excluding hydrogens is 349 g/mol. The van der Waals surface area contributed by atoms with Crippen LogP contribution in [0.5, 0.6) is 11.5 Å². The molecule has 0 N–H and O–H groups in total. The normalized spacial score (nSPS) is 16.7. The fraction of sp³-hybridized carbons (Fsp3) is 0.0952. The Bertz CT molecular complexity index is 932. The number of amides is 1. The van der Waals surface area contributed by atoms with Crippen LogP contribution < -0.4 is 9.64 Å². The van der Waals surface area contributed by atoms with Crippen LogP contribution in [-0.4, -0.2) is 11.7 Å². The number of rotatable bonds is 4. The average Bonchev–Trinajstić information content (AvgIpc) is 3.05. The van der Waals surface area contributed by atoms with Crippen LogP contribution in [0.4, 0.5) is 10.1 Å². The van der Waals surface area contributed by atoms with Crippen molar-refractivity contribution in [2.75, 3.05) is 10.7 Å². The third-order valence-electron chi connectivity index (χ3n) is 4.10. The lowest BCUT2D eigenvalue weighted by atomic mass is 10.1. The van der Waals surface area contributed by atoms with Crippen molar-refractivity contribution in [2.45, 2.75) is 5.37 Å². The number of hydrogen-bond donors (Lipinski definition) is 0. The number of benzene rings is 3. The molecule has 5 heteroatoms. The molecule has 0 saturated carbocycles. The van der Waals surface area contributed by atoms with E-state index in [4.69, 9.17) is 4.74 Å². The van der Waals surface area contributed by atoms with Gasteiger partial charge in [-0.05, 0) is 42.0 Å². The maximum absolute atomic E-state index is 14.2. The first-order chi connectivity index (χ1) is 12.7. The largest absolute Gasteiger partial charge is 0.457 e. The summed E-state index contributed by atoms with van der Waals surface area (Å²) in [5.74, 6) is 1.25. The van der Waals surface area contributed by atoms with Crippen molar-refractivity contribution in [3.8, 4) is 11.5 Å². The number of carbonyl (C=O) groups excluding carboxylic acids is 1. The molecular formula is C21H16FNO2S. The number of para-hydroxylation sites is 2. The van der Waals surface area contributed by atoms with Gasteiger partial charge in [0.25, 0.3) is 0 Å². The Labute approximate surface area is 155 Å². The molecule has 130 valence electrons. The Morgan fingerprint density at radius 1 is 0.923 bits per heavy atom. The molecule has 3 aromatic carbocycles. The van der Waals surface area contributed by atoms with E-state index < -0.39 is 5.82 Å². The fourth-order valence-electron chi connectivity index (χ4n) is 2.93. The Morgan fingerprint density at radius 3 is 2.46 bits per heavy atom. The summed E-state index contributed by atoms with van der Waals surface area (Å²) in [6.45, 7) is 0. The lowest BCUT2D eigenvalue weighted by Crippen LogP contribution is -2.28. The number of hydrogen-bond acceptors (Lipinski definition) is 3. The molecule has 1 aliphatic rings. The van der Waals surface area contributed by atoms with Crippen molar-refractivity contribution in [1.82, 2.24) is 0 Å². The Hall–Kier alpha value is -2.79. The molecule has 1 atom stereocenters. The van der Waals surface area contributed by atoms with Crippen LogP contribution >= 0.6 is 11.8 Å². The van der Waals surface area contributed by atoms with E-state index in [-0.39, 0.29) is 11.3 Å². The maximum atomic E-state index is 14.2. The van der Waals surface area contributed by atoms with Crippen molar-refractivity contribution >= 4 is 23.4 Å². The molecule has 1 amide bonds. The van der Waals surface area contributed by atoms with Gasteiger partial charge >= 0.3 is 0 Å². The SMILES string of the molecule is O=C1CSC(c2cccc(Oc3ccccc3)c2)N1c1ccccc1F. The highest BCUT2D eigenvalue weighted by molar-refractivity contribution is 8.00.